The van der Waals surface area contributed by atoms with Gasteiger partial charge in [-0.2, -0.15) is 0 Å². The molecule has 4 rings (SSSR count). The number of aryl methyl sites for hydroxylation is 1. The quantitative estimate of drug-likeness (QED) is 0.763. The van der Waals surface area contributed by atoms with Crippen LogP contribution in [0.3, 0.4) is 0 Å². The Hall–Kier alpha value is -2.09. The lowest BCUT2D eigenvalue weighted by atomic mass is 10.1. The van der Waals surface area contributed by atoms with Crippen LogP contribution in [-0.2, 0) is 28.2 Å². The highest BCUT2D eigenvalue weighted by Crippen LogP contribution is 2.33. The number of benzene rings is 1. The van der Waals surface area contributed by atoms with Crippen LogP contribution in [-0.4, -0.2) is 52.5 Å². The zero-order chi connectivity index (χ0) is 17.1. The van der Waals surface area contributed by atoms with E-state index in [1.165, 1.54) is 9.13 Å². The summed E-state index contributed by atoms with van der Waals surface area (Å²) in [7, 11) is -1.39. The highest BCUT2D eigenvalue weighted by Gasteiger charge is 2.47. The molecule has 0 unspecified atom stereocenters. The van der Waals surface area contributed by atoms with Crippen molar-refractivity contribution in [3.8, 4) is 0 Å². The summed E-state index contributed by atoms with van der Waals surface area (Å²) < 4.78 is 27.0. The van der Waals surface area contributed by atoms with Gasteiger partial charge in [-0.3, -0.25) is 13.9 Å². The summed E-state index contributed by atoms with van der Waals surface area (Å²) in [5.74, 6) is 0.0777. The standard InChI is InChI=1S/C16H19N3O4S/c1-17-12-4-2-3-5-13(12)19(16(17)21)10-15(20)18-8-11-6-7-24(22,23)14(11)9-18/h2-5,11,14H,6-10H2,1H3/t11-,14+/m0/s1. The molecule has 1 aromatic heterocycles. The molecule has 24 heavy (non-hydrogen) atoms. The van der Waals surface area contributed by atoms with Gasteiger partial charge in [0, 0.05) is 20.1 Å². The number of rotatable bonds is 2. The molecule has 0 N–H and O–H groups in total. The lowest BCUT2D eigenvalue weighted by molar-refractivity contribution is -0.130. The summed E-state index contributed by atoms with van der Waals surface area (Å²) in [6.07, 6.45) is 0.630. The number of amides is 1. The van der Waals surface area contributed by atoms with Crippen molar-refractivity contribution in [1.29, 1.82) is 0 Å². The van der Waals surface area contributed by atoms with Gasteiger partial charge in [0.25, 0.3) is 0 Å². The number of hydrogen-bond acceptors (Lipinski definition) is 4. The van der Waals surface area contributed by atoms with E-state index in [9.17, 15) is 18.0 Å². The van der Waals surface area contributed by atoms with Gasteiger partial charge in [-0.15, -0.1) is 0 Å². The van der Waals surface area contributed by atoms with Crippen LogP contribution >= 0.6 is 0 Å². The van der Waals surface area contributed by atoms with Gasteiger partial charge in [0.05, 0.1) is 22.0 Å². The average molecular weight is 349 g/mol. The number of aromatic nitrogens is 2. The molecule has 0 radical (unpaired) electrons. The number of imidazole rings is 1. The van der Waals surface area contributed by atoms with E-state index in [1.807, 2.05) is 24.3 Å². The molecule has 2 aliphatic rings. The number of sulfone groups is 1. The maximum Gasteiger partial charge on any atom is 0.329 e. The van der Waals surface area contributed by atoms with Gasteiger partial charge in [-0.05, 0) is 24.5 Å². The number of fused-ring (bicyclic) bond motifs is 2. The third kappa shape index (κ3) is 2.20. The van der Waals surface area contributed by atoms with Gasteiger partial charge in [0.2, 0.25) is 5.91 Å². The molecule has 0 saturated carbocycles. The van der Waals surface area contributed by atoms with E-state index in [4.69, 9.17) is 0 Å². The summed E-state index contributed by atoms with van der Waals surface area (Å²) in [5.41, 5.74) is 1.25. The summed E-state index contributed by atoms with van der Waals surface area (Å²) in [6.45, 7) is 0.674. The molecular formula is C16H19N3O4S. The fourth-order valence-corrected chi connectivity index (χ4v) is 6.10. The molecular weight excluding hydrogens is 330 g/mol. The molecule has 0 spiro atoms. The Morgan fingerprint density at radius 3 is 2.62 bits per heavy atom. The van der Waals surface area contributed by atoms with Gasteiger partial charge in [0.15, 0.2) is 9.84 Å². The molecule has 128 valence electrons. The number of hydrogen-bond donors (Lipinski definition) is 0. The SMILES string of the molecule is Cn1c(=O)n(CC(=O)N2C[C@@H]3CCS(=O)(=O)[C@@H]3C2)c2ccccc21. The molecule has 2 fully saturated rings. The van der Waals surface area contributed by atoms with E-state index in [0.717, 1.165) is 5.52 Å². The molecule has 2 saturated heterocycles. The van der Waals surface area contributed by atoms with Crippen molar-refractivity contribution in [3.05, 3.63) is 34.7 Å². The Balaban J connectivity index is 1.60. The molecule has 0 aliphatic carbocycles. The summed E-state index contributed by atoms with van der Waals surface area (Å²) >= 11 is 0. The van der Waals surface area contributed by atoms with Gasteiger partial charge in [0.1, 0.15) is 6.54 Å². The van der Waals surface area contributed by atoms with Crippen LogP contribution in [0.1, 0.15) is 6.42 Å². The second-order valence-electron chi connectivity index (χ2n) is 6.67. The summed E-state index contributed by atoms with van der Waals surface area (Å²) in [4.78, 5) is 26.6. The van der Waals surface area contributed by atoms with E-state index < -0.39 is 15.1 Å². The molecule has 1 aromatic carbocycles. The second-order valence-corrected chi connectivity index (χ2v) is 9.01. The fraction of sp³-hybridized carbons (Fsp3) is 0.500. The molecule has 7 nitrogen and oxygen atoms in total. The Kier molecular flexibility index (Phi) is 3.35. The molecule has 0 bridgehead atoms. The van der Waals surface area contributed by atoms with E-state index in [1.54, 1.807) is 11.9 Å². The minimum atomic E-state index is -3.07. The van der Waals surface area contributed by atoms with Crippen LogP contribution in [0.4, 0.5) is 0 Å². The Morgan fingerprint density at radius 2 is 1.92 bits per heavy atom. The number of nitrogens with zero attached hydrogens (tertiary/aromatic N) is 3. The molecule has 2 aromatic rings. The molecule has 3 heterocycles. The van der Waals surface area contributed by atoms with Crippen molar-refractivity contribution in [2.75, 3.05) is 18.8 Å². The van der Waals surface area contributed by atoms with Crippen molar-refractivity contribution in [2.24, 2.45) is 13.0 Å². The minimum Gasteiger partial charge on any atom is -0.340 e. The normalized spacial score (nSPS) is 25.3. The van der Waals surface area contributed by atoms with Crippen LogP contribution in [0.15, 0.2) is 29.1 Å². The van der Waals surface area contributed by atoms with Crippen LogP contribution in [0, 0.1) is 5.92 Å². The Morgan fingerprint density at radius 1 is 1.21 bits per heavy atom. The lowest BCUT2D eigenvalue weighted by Gasteiger charge is -2.17. The summed E-state index contributed by atoms with van der Waals surface area (Å²) in [5, 5.41) is -0.425. The molecule has 1 amide bonds. The third-order valence-corrected chi connectivity index (χ3v) is 7.57. The first-order valence-electron chi connectivity index (χ1n) is 8.02. The van der Waals surface area contributed by atoms with Gasteiger partial charge < -0.3 is 4.90 Å². The first-order valence-corrected chi connectivity index (χ1v) is 9.73. The van der Waals surface area contributed by atoms with Gasteiger partial charge in [-0.25, -0.2) is 13.2 Å². The van der Waals surface area contributed by atoms with Crippen molar-refractivity contribution < 1.29 is 13.2 Å². The van der Waals surface area contributed by atoms with E-state index in [-0.39, 0.29) is 36.4 Å². The number of carbonyl (C=O) groups excluding carboxylic acids is 1. The first kappa shape index (κ1) is 15.4. The van der Waals surface area contributed by atoms with Crippen LogP contribution in [0.5, 0.6) is 0 Å². The Bertz CT molecular complexity index is 988. The van der Waals surface area contributed by atoms with Crippen LogP contribution in [0.25, 0.3) is 11.0 Å². The average Bonchev–Trinajstić information content (AvgIpc) is 3.18. The maximum absolute atomic E-state index is 12.6. The van der Waals surface area contributed by atoms with E-state index in [0.29, 0.717) is 18.5 Å². The molecule has 2 atom stereocenters. The van der Waals surface area contributed by atoms with Gasteiger partial charge >= 0.3 is 5.69 Å². The largest absolute Gasteiger partial charge is 0.340 e. The summed E-state index contributed by atoms with van der Waals surface area (Å²) in [6, 6.07) is 7.33. The first-order chi connectivity index (χ1) is 11.4. The minimum absolute atomic E-state index is 0.0446. The van der Waals surface area contributed by atoms with Crippen molar-refractivity contribution in [2.45, 2.75) is 18.2 Å². The monoisotopic (exact) mass is 349 g/mol. The zero-order valence-electron chi connectivity index (χ0n) is 13.4. The van der Waals surface area contributed by atoms with Gasteiger partial charge in [-0.1, -0.05) is 12.1 Å². The predicted octanol–water partition coefficient (Wildman–Crippen LogP) is -0.0145. The topological polar surface area (TPSA) is 81.4 Å². The van der Waals surface area contributed by atoms with Crippen molar-refractivity contribution >= 4 is 26.8 Å². The number of para-hydroxylation sites is 2. The lowest BCUT2D eigenvalue weighted by Crippen LogP contribution is -2.37. The van der Waals surface area contributed by atoms with Crippen molar-refractivity contribution in [1.82, 2.24) is 14.0 Å². The predicted molar refractivity (Wildman–Crippen MR) is 89.4 cm³/mol. The van der Waals surface area contributed by atoms with Crippen LogP contribution in [0.2, 0.25) is 0 Å². The van der Waals surface area contributed by atoms with Crippen LogP contribution < -0.4 is 5.69 Å². The highest BCUT2D eigenvalue weighted by atomic mass is 32.2. The van der Waals surface area contributed by atoms with Crippen molar-refractivity contribution in [3.63, 3.8) is 0 Å². The zero-order valence-corrected chi connectivity index (χ0v) is 14.2. The second kappa shape index (κ2) is 5.20. The number of carbonyl (C=O) groups is 1. The maximum atomic E-state index is 12.6. The Labute approximate surface area is 139 Å². The third-order valence-electron chi connectivity index (χ3n) is 5.31. The smallest absolute Gasteiger partial charge is 0.329 e. The molecule has 8 heteroatoms. The number of likely N-dealkylation sites (tertiary alicyclic amines) is 1. The highest BCUT2D eigenvalue weighted by molar-refractivity contribution is 7.92. The molecule has 2 aliphatic heterocycles. The fourth-order valence-electron chi connectivity index (χ4n) is 3.95. The van der Waals surface area contributed by atoms with E-state index >= 15 is 0 Å². The van der Waals surface area contributed by atoms with E-state index in [2.05, 4.69) is 0 Å².